The fraction of sp³-hybridized carbons (Fsp3) is 0.524. The van der Waals surface area contributed by atoms with Gasteiger partial charge in [-0.2, -0.15) is 5.10 Å². The highest BCUT2D eigenvalue weighted by Crippen LogP contribution is 2.25. The summed E-state index contributed by atoms with van der Waals surface area (Å²) >= 11 is 0. The quantitative estimate of drug-likeness (QED) is 0.467. The van der Waals surface area contributed by atoms with Crippen molar-refractivity contribution in [3.05, 3.63) is 52.8 Å². The van der Waals surface area contributed by atoms with Crippen molar-refractivity contribution in [3.63, 3.8) is 0 Å². The molecule has 1 atom stereocenters. The van der Waals surface area contributed by atoms with E-state index in [1.165, 1.54) is 16.7 Å². The first kappa shape index (κ1) is 19.4. The molecule has 0 spiro atoms. The van der Waals surface area contributed by atoms with E-state index in [2.05, 4.69) is 65.5 Å². The van der Waals surface area contributed by atoms with Crippen LogP contribution in [0.4, 0.5) is 0 Å². The maximum absolute atomic E-state index is 6.06. The molecule has 1 aromatic carbocycles. The normalized spacial score (nSPS) is 18.0. The van der Waals surface area contributed by atoms with Gasteiger partial charge in [0.15, 0.2) is 5.96 Å². The van der Waals surface area contributed by atoms with Crippen LogP contribution in [0.15, 0.2) is 35.5 Å². The van der Waals surface area contributed by atoms with Crippen molar-refractivity contribution in [3.8, 4) is 0 Å². The van der Waals surface area contributed by atoms with Crippen LogP contribution in [-0.2, 0) is 11.2 Å². The Kier molecular flexibility index (Phi) is 6.87. The van der Waals surface area contributed by atoms with E-state index in [4.69, 9.17) is 9.73 Å². The number of morpholine rings is 1. The molecular weight excluding hydrogens is 338 g/mol. The predicted molar refractivity (Wildman–Crippen MR) is 109 cm³/mol. The van der Waals surface area contributed by atoms with E-state index >= 15 is 0 Å². The molecular formula is C21H31N5O. The van der Waals surface area contributed by atoms with Crippen LogP contribution in [0.2, 0.25) is 0 Å². The minimum absolute atomic E-state index is 0.0948. The monoisotopic (exact) mass is 369 g/mol. The molecule has 2 heterocycles. The molecule has 1 aliphatic rings. The van der Waals surface area contributed by atoms with Crippen LogP contribution in [0, 0.1) is 13.8 Å². The molecule has 0 radical (unpaired) electrons. The van der Waals surface area contributed by atoms with Gasteiger partial charge in [0.25, 0.3) is 0 Å². The number of H-pyrrole nitrogens is 1. The standard InChI is InChI=1S/C21H31N5O/c1-4-22-21(23-11-7-9-18-14-24-25-17(18)3)26-12-13-27-20(15-26)19-10-6-5-8-16(19)2/h5-6,8,10,14,20H,4,7,9,11-13,15H2,1-3H3,(H,22,23)(H,24,25). The van der Waals surface area contributed by atoms with Crippen LogP contribution >= 0.6 is 0 Å². The fourth-order valence-corrected chi connectivity index (χ4v) is 3.49. The number of benzene rings is 1. The summed E-state index contributed by atoms with van der Waals surface area (Å²) in [5.41, 5.74) is 4.98. The highest BCUT2D eigenvalue weighted by molar-refractivity contribution is 5.80. The topological polar surface area (TPSA) is 65.5 Å². The van der Waals surface area contributed by atoms with Gasteiger partial charge in [0.2, 0.25) is 0 Å². The van der Waals surface area contributed by atoms with Gasteiger partial charge in [-0.3, -0.25) is 10.1 Å². The zero-order valence-corrected chi connectivity index (χ0v) is 16.7. The number of nitrogens with zero attached hydrogens (tertiary/aromatic N) is 3. The lowest BCUT2D eigenvalue weighted by Gasteiger charge is -2.35. The first-order valence-corrected chi connectivity index (χ1v) is 9.88. The molecule has 3 rings (SSSR count). The van der Waals surface area contributed by atoms with E-state index in [0.29, 0.717) is 0 Å². The molecule has 6 nitrogen and oxygen atoms in total. The zero-order valence-electron chi connectivity index (χ0n) is 16.7. The third kappa shape index (κ3) is 5.10. The highest BCUT2D eigenvalue weighted by Gasteiger charge is 2.25. The van der Waals surface area contributed by atoms with Crippen molar-refractivity contribution in [1.29, 1.82) is 0 Å². The summed E-state index contributed by atoms with van der Waals surface area (Å²) in [6.07, 6.45) is 4.03. The average Bonchev–Trinajstić information content (AvgIpc) is 3.09. The number of ether oxygens (including phenoxy) is 1. The number of guanidine groups is 1. The Morgan fingerprint density at radius 2 is 2.22 bits per heavy atom. The first-order valence-electron chi connectivity index (χ1n) is 9.88. The van der Waals surface area contributed by atoms with Crippen LogP contribution < -0.4 is 5.32 Å². The number of nitrogens with one attached hydrogen (secondary N) is 2. The molecule has 27 heavy (non-hydrogen) atoms. The average molecular weight is 370 g/mol. The van der Waals surface area contributed by atoms with Crippen molar-refractivity contribution in [2.24, 2.45) is 4.99 Å². The Morgan fingerprint density at radius 3 is 2.96 bits per heavy atom. The summed E-state index contributed by atoms with van der Waals surface area (Å²) in [6.45, 7) is 10.4. The Morgan fingerprint density at radius 1 is 1.37 bits per heavy atom. The second kappa shape index (κ2) is 9.55. The lowest BCUT2D eigenvalue weighted by atomic mass is 10.0. The Hall–Kier alpha value is -2.34. The molecule has 1 aliphatic heterocycles. The van der Waals surface area contributed by atoms with Gasteiger partial charge in [-0.25, -0.2) is 0 Å². The highest BCUT2D eigenvalue weighted by atomic mass is 16.5. The molecule has 0 amide bonds. The predicted octanol–water partition coefficient (Wildman–Crippen LogP) is 3.00. The Bertz CT molecular complexity index is 755. The molecule has 0 aliphatic carbocycles. The summed E-state index contributed by atoms with van der Waals surface area (Å²) in [4.78, 5) is 7.19. The molecule has 0 bridgehead atoms. The van der Waals surface area contributed by atoms with Crippen molar-refractivity contribution in [2.75, 3.05) is 32.8 Å². The number of aromatic amines is 1. The van der Waals surface area contributed by atoms with Gasteiger partial charge in [-0.15, -0.1) is 0 Å². The van der Waals surface area contributed by atoms with Gasteiger partial charge in [-0.1, -0.05) is 24.3 Å². The number of hydrogen-bond acceptors (Lipinski definition) is 3. The minimum Gasteiger partial charge on any atom is -0.370 e. The Balaban J connectivity index is 1.61. The second-order valence-electron chi connectivity index (χ2n) is 7.02. The van der Waals surface area contributed by atoms with Crippen molar-refractivity contribution >= 4 is 5.96 Å². The summed E-state index contributed by atoms with van der Waals surface area (Å²) < 4.78 is 6.06. The summed E-state index contributed by atoms with van der Waals surface area (Å²) in [5, 5.41) is 10.5. The van der Waals surface area contributed by atoms with Gasteiger partial charge in [-0.05, 0) is 50.3 Å². The minimum atomic E-state index is 0.0948. The van der Waals surface area contributed by atoms with E-state index < -0.39 is 0 Å². The van der Waals surface area contributed by atoms with Crippen LogP contribution in [-0.4, -0.2) is 53.8 Å². The van der Waals surface area contributed by atoms with Gasteiger partial charge < -0.3 is 15.0 Å². The van der Waals surface area contributed by atoms with E-state index in [1.54, 1.807) is 0 Å². The number of aliphatic imine (C=N–C) groups is 1. The molecule has 146 valence electrons. The first-order chi connectivity index (χ1) is 13.2. The largest absolute Gasteiger partial charge is 0.370 e. The van der Waals surface area contributed by atoms with E-state index in [9.17, 15) is 0 Å². The lowest BCUT2D eigenvalue weighted by molar-refractivity contribution is -0.00832. The number of rotatable bonds is 6. The number of aryl methyl sites for hydroxylation is 3. The fourth-order valence-electron chi connectivity index (χ4n) is 3.49. The lowest BCUT2D eigenvalue weighted by Crippen LogP contribution is -2.48. The van der Waals surface area contributed by atoms with Gasteiger partial charge in [0.1, 0.15) is 6.10 Å². The SMILES string of the molecule is CCNC(=NCCCc1cn[nH]c1C)N1CCOC(c2ccccc2C)C1. The van der Waals surface area contributed by atoms with Crippen molar-refractivity contribution in [2.45, 2.75) is 39.7 Å². The van der Waals surface area contributed by atoms with Gasteiger partial charge in [0.05, 0.1) is 19.3 Å². The van der Waals surface area contributed by atoms with Crippen LogP contribution in [0.25, 0.3) is 0 Å². The van der Waals surface area contributed by atoms with Crippen molar-refractivity contribution < 1.29 is 4.74 Å². The maximum atomic E-state index is 6.06. The Labute approximate surface area is 162 Å². The summed E-state index contributed by atoms with van der Waals surface area (Å²) in [5.74, 6) is 0.989. The van der Waals surface area contributed by atoms with Crippen LogP contribution in [0.3, 0.4) is 0 Å². The second-order valence-corrected chi connectivity index (χ2v) is 7.02. The van der Waals surface area contributed by atoms with E-state index in [0.717, 1.165) is 57.3 Å². The molecule has 2 N–H and O–H groups in total. The molecule has 1 aromatic heterocycles. The molecule has 2 aromatic rings. The molecule has 1 unspecified atom stereocenters. The van der Waals surface area contributed by atoms with Gasteiger partial charge >= 0.3 is 0 Å². The number of hydrogen-bond donors (Lipinski definition) is 2. The summed E-state index contributed by atoms with van der Waals surface area (Å²) in [7, 11) is 0. The third-order valence-corrected chi connectivity index (χ3v) is 5.04. The van der Waals surface area contributed by atoms with E-state index in [-0.39, 0.29) is 6.10 Å². The zero-order chi connectivity index (χ0) is 19.1. The maximum Gasteiger partial charge on any atom is 0.194 e. The molecule has 1 saturated heterocycles. The third-order valence-electron chi connectivity index (χ3n) is 5.04. The molecule has 6 heteroatoms. The smallest absolute Gasteiger partial charge is 0.194 e. The van der Waals surface area contributed by atoms with Crippen LogP contribution in [0.5, 0.6) is 0 Å². The number of aromatic nitrogens is 2. The molecule has 1 fully saturated rings. The summed E-state index contributed by atoms with van der Waals surface area (Å²) in [6, 6.07) is 8.48. The van der Waals surface area contributed by atoms with Crippen molar-refractivity contribution in [1.82, 2.24) is 20.4 Å². The van der Waals surface area contributed by atoms with Crippen LogP contribution in [0.1, 0.15) is 41.8 Å². The van der Waals surface area contributed by atoms with E-state index in [1.807, 2.05) is 6.20 Å². The van der Waals surface area contributed by atoms with Gasteiger partial charge in [0, 0.05) is 25.3 Å². The molecule has 0 saturated carbocycles.